The Morgan fingerprint density at radius 3 is 2.72 bits per heavy atom. The molecule has 0 amide bonds. The van der Waals surface area contributed by atoms with E-state index in [9.17, 15) is 0 Å². The molecule has 1 unspecified atom stereocenters. The predicted molar refractivity (Wildman–Crippen MR) is 78.2 cm³/mol. The first-order chi connectivity index (χ1) is 8.72. The van der Waals surface area contributed by atoms with Gasteiger partial charge in [-0.05, 0) is 32.0 Å². The quantitative estimate of drug-likeness (QED) is 0.796. The number of rotatable bonds is 8. The van der Waals surface area contributed by atoms with Crippen LogP contribution < -0.4 is 10.1 Å². The molecule has 1 aromatic carbocycles. The van der Waals surface area contributed by atoms with Crippen molar-refractivity contribution in [3.05, 3.63) is 28.2 Å². The highest BCUT2D eigenvalue weighted by atomic mass is 79.9. The molecule has 1 rings (SSSR count). The second-order valence-electron chi connectivity index (χ2n) is 4.05. The van der Waals surface area contributed by atoms with Gasteiger partial charge in [0.15, 0.2) is 0 Å². The minimum atomic E-state index is 0.174. The average molecular weight is 316 g/mol. The van der Waals surface area contributed by atoms with Gasteiger partial charge in [0.25, 0.3) is 0 Å². The first kappa shape index (κ1) is 15.5. The van der Waals surface area contributed by atoms with Gasteiger partial charge >= 0.3 is 0 Å². The summed E-state index contributed by atoms with van der Waals surface area (Å²) in [7, 11) is 1.70. The zero-order chi connectivity index (χ0) is 13.4. The third kappa shape index (κ3) is 4.59. The molecule has 1 N–H and O–H groups in total. The molecule has 0 heterocycles. The molecule has 0 spiro atoms. The van der Waals surface area contributed by atoms with Crippen LogP contribution in [-0.2, 0) is 4.74 Å². The number of nitrogens with one attached hydrogen (secondary N) is 1. The normalized spacial score (nSPS) is 12.4. The molecule has 0 saturated carbocycles. The van der Waals surface area contributed by atoms with E-state index >= 15 is 0 Å². The topological polar surface area (TPSA) is 30.5 Å². The van der Waals surface area contributed by atoms with Crippen LogP contribution in [0, 0.1) is 0 Å². The van der Waals surface area contributed by atoms with Crippen molar-refractivity contribution in [3.63, 3.8) is 0 Å². The van der Waals surface area contributed by atoms with E-state index in [2.05, 4.69) is 34.2 Å². The highest BCUT2D eigenvalue weighted by Crippen LogP contribution is 2.28. The lowest BCUT2D eigenvalue weighted by atomic mass is 10.1. The smallest absolute Gasteiger partial charge is 0.124 e. The summed E-state index contributed by atoms with van der Waals surface area (Å²) >= 11 is 3.46. The maximum atomic E-state index is 5.55. The molecule has 1 atom stereocenters. The van der Waals surface area contributed by atoms with Crippen LogP contribution >= 0.6 is 15.9 Å². The molecule has 0 aliphatic heterocycles. The zero-order valence-electron chi connectivity index (χ0n) is 11.3. The summed E-state index contributed by atoms with van der Waals surface area (Å²) < 4.78 is 12.0. The predicted octanol–water partition coefficient (Wildman–Crippen LogP) is 3.53. The SMILES string of the molecule is CCCNC(COCC)c1ccc(Br)cc1OC. The summed E-state index contributed by atoms with van der Waals surface area (Å²) in [6.07, 6.45) is 1.10. The fourth-order valence-corrected chi connectivity index (χ4v) is 2.13. The summed E-state index contributed by atoms with van der Waals surface area (Å²) in [5.41, 5.74) is 1.14. The summed E-state index contributed by atoms with van der Waals surface area (Å²) in [5, 5.41) is 3.49. The summed E-state index contributed by atoms with van der Waals surface area (Å²) in [6, 6.07) is 6.27. The second kappa shape index (κ2) is 8.51. The van der Waals surface area contributed by atoms with E-state index in [-0.39, 0.29) is 6.04 Å². The molecular weight excluding hydrogens is 294 g/mol. The molecule has 0 aliphatic rings. The van der Waals surface area contributed by atoms with Crippen molar-refractivity contribution in [2.24, 2.45) is 0 Å². The highest BCUT2D eigenvalue weighted by Gasteiger charge is 2.15. The number of halogens is 1. The lowest BCUT2D eigenvalue weighted by Crippen LogP contribution is -2.26. The Bertz CT molecular complexity index is 350. The van der Waals surface area contributed by atoms with Gasteiger partial charge in [0.05, 0.1) is 19.8 Å². The number of methoxy groups -OCH3 is 1. The molecule has 0 aliphatic carbocycles. The van der Waals surface area contributed by atoms with E-state index in [1.165, 1.54) is 0 Å². The number of hydrogen-bond donors (Lipinski definition) is 1. The molecule has 3 nitrogen and oxygen atoms in total. The van der Waals surface area contributed by atoms with Crippen LogP contribution in [0.3, 0.4) is 0 Å². The van der Waals surface area contributed by atoms with Crippen LogP contribution in [0.1, 0.15) is 31.9 Å². The third-order valence-electron chi connectivity index (χ3n) is 2.70. The molecular formula is C14H22BrNO2. The standard InChI is InChI=1S/C14H22BrNO2/c1-4-8-16-13(10-18-5-2)12-7-6-11(15)9-14(12)17-3/h6-7,9,13,16H,4-5,8,10H2,1-3H3. The van der Waals surface area contributed by atoms with Crippen LogP contribution in [0.15, 0.2) is 22.7 Å². The fourth-order valence-electron chi connectivity index (χ4n) is 1.79. The van der Waals surface area contributed by atoms with E-state index in [1.54, 1.807) is 7.11 Å². The van der Waals surface area contributed by atoms with Gasteiger partial charge in [-0.1, -0.05) is 28.9 Å². The van der Waals surface area contributed by atoms with Gasteiger partial charge in [-0.3, -0.25) is 0 Å². The van der Waals surface area contributed by atoms with Crippen LogP contribution in [0.4, 0.5) is 0 Å². The molecule has 0 saturated heterocycles. The van der Waals surface area contributed by atoms with Gasteiger partial charge in [0.2, 0.25) is 0 Å². The Morgan fingerprint density at radius 2 is 2.11 bits per heavy atom. The van der Waals surface area contributed by atoms with Crippen molar-refractivity contribution in [1.29, 1.82) is 0 Å². The van der Waals surface area contributed by atoms with Crippen LogP contribution in [0.25, 0.3) is 0 Å². The molecule has 18 heavy (non-hydrogen) atoms. The molecule has 1 aromatic rings. The van der Waals surface area contributed by atoms with Crippen molar-refractivity contribution >= 4 is 15.9 Å². The van der Waals surface area contributed by atoms with Gasteiger partial charge in [-0.25, -0.2) is 0 Å². The molecule has 0 radical (unpaired) electrons. The number of hydrogen-bond acceptors (Lipinski definition) is 3. The molecule has 0 aromatic heterocycles. The highest BCUT2D eigenvalue weighted by molar-refractivity contribution is 9.10. The Kier molecular flexibility index (Phi) is 7.32. The molecule has 0 bridgehead atoms. The van der Waals surface area contributed by atoms with Gasteiger partial charge in [0.1, 0.15) is 5.75 Å². The average Bonchev–Trinajstić information content (AvgIpc) is 2.39. The van der Waals surface area contributed by atoms with E-state index in [0.29, 0.717) is 6.61 Å². The first-order valence-corrected chi connectivity index (χ1v) is 7.16. The first-order valence-electron chi connectivity index (χ1n) is 6.37. The molecule has 0 fully saturated rings. The van der Waals surface area contributed by atoms with Crippen molar-refractivity contribution < 1.29 is 9.47 Å². The zero-order valence-corrected chi connectivity index (χ0v) is 12.9. The van der Waals surface area contributed by atoms with Gasteiger partial charge in [0, 0.05) is 16.6 Å². The maximum absolute atomic E-state index is 5.55. The second-order valence-corrected chi connectivity index (χ2v) is 4.97. The van der Waals surface area contributed by atoms with E-state index in [4.69, 9.17) is 9.47 Å². The van der Waals surface area contributed by atoms with Crippen molar-refractivity contribution in [2.75, 3.05) is 26.9 Å². The van der Waals surface area contributed by atoms with Gasteiger partial charge < -0.3 is 14.8 Å². The van der Waals surface area contributed by atoms with Crippen LogP contribution in [0.2, 0.25) is 0 Å². The van der Waals surface area contributed by atoms with E-state index in [0.717, 1.165) is 35.4 Å². The minimum Gasteiger partial charge on any atom is -0.496 e. The summed E-state index contributed by atoms with van der Waals surface area (Å²) in [4.78, 5) is 0. The van der Waals surface area contributed by atoms with Gasteiger partial charge in [-0.15, -0.1) is 0 Å². The Morgan fingerprint density at radius 1 is 1.33 bits per heavy atom. The lowest BCUT2D eigenvalue weighted by molar-refractivity contribution is 0.122. The van der Waals surface area contributed by atoms with Crippen LogP contribution in [0.5, 0.6) is 5.75 Å². The monoisotopic (exact) mass is 315 g/mol. The maximum Gasteiger partial charge on any atom is 0.124 e. The number of ether oxygens (including phenoxy) is 2. The largest absolute Gasteiger partial charge is 0.496 e. The van der Waals surface area contributed by atoms with Crippen molar-refractivity contribution in [1.82, 2.24) is 5.32 Å². The van der Waals surface area contributed by atoms with Gasteiger partial charge in [-0.2, -0.15) is 0 Å². The Balaban J connectivity index is 2.88. The Labute approximate surface area is 118 Å². The van der Waals surface area contributed by atoms with Crippen molar-refractivity contribution in [2.45, 2.75) is 26.3 Å². The minimum absolute atomic E-state index is 0.174. The van der Waals surface area contributed by atoms with Crippen LogP contribution in [-0.4, -0.2) is 26.9 Å². The lowest BCUT2D eigenvalue weighted by Gasteiger charge is -2.21. The number of benzene rings is 1. The summed E-state index contributed by atoms with van der Waals surface area (Å²) in [6.45, 7) is 6.52. The summed E-state index contributed by atoms with van der Waals surface area (Å²) in [5.74, 6) is 0.887. The van der Waals surface area contributed by atoms with E-state index < -0.39 is 0 Å². The van der Waals surface area contributed by atoms with E-state index in [1.807, 2.05) is 19.1 Å². The molecule has 102 valence electrons. The molecule has 4 heteroatoms. The van der Waals surface area contributed by atoms with Crippen molar-refractivity contribution in [3.8, 4) is 5.75 Å². The Hall–Kier alpha value is -0.580. The fraction of sp³-hybridized carbons (Fsp3) is 0.571. The third-order valence-corrected chi connectivity index (χ3v) is 3.19.